The van der Waals surface area contributed by atoms with Gasteiger partial charge in [-0.1, -0.05) is 178 Å². The third-order valence-corrected chi connectivity index (χ3v) is 12.4. The first kappa shape index (κ1) is 34.8. The Morgan fingerprint density at radius 2 is 0.966 bits per heavy atom. The number of rotatable bonds is 7. The molecule has 0 saturated heterocycles. The first-order chi connectivity index (χ1) is 29.1. The van der Waals surface area contributed by atoms with E-state index in [-0.39, 0.29) is 5.41 Å². The number of aromatic nitrogens is 1. The molecular formula is C57H42N2. The summed E-state index contributed by atoms with van der Waals surface area (Å²) in [6, 6.07) is 79.8. The maximum Gasteiger partial charge on any atom is 0.0547 e. The summed E-state index contributed by atoms with van der Waals surface area (Å²) < 4.78 is 2.39. The SMILES string of the molecule is CC1(C)c2ccccc2-c2cccc(N(c3ccc(-c4cccc5c4c4ccccc4n5-c4ccccc4)cc3)c3ccc(-c4ccccc4)cc3-c3ccccc3)c21. The summed E-state index contributed by atoms with van der Waals surface area (Å²) in [5.41, 5.74) is 19.3. The molecule has 11 rings (SSSR count). The van der Waals surface area contributed by atoms with Gasteiger partial charge in [0.2, 0.25) is 0 Å². The Bertz CT molecular complexity index is 3160. The Kier molecular flexibility index (Phi) is 8.20. The van der Waals surface area contributed by atoms with Crippen molar-refractivity contribution in [1.82, 2.24) is 4.57 Å². The van der Waals surface area contributed by atoms with Gasteiger partial charge in [0.15, 0.2) is 0 Å². The zero-order valence-electron chi connectivity index (χ0n) is 33.2. The van der Waals surface area contributed by atoms with Crippen LogP contribution in [-0.2, 0) is 5.41 Å². The van der Waals surface area contributed by atoms with Gasteiger partial charge in [-0.05, 0) is 105 Å². The van der Waals surface area contributed by atoms with Crippen LogP contribution in [0.25, 0.3) is 72.0 Å². The predicted octanol–water partition coefficient (Wildman–Crippen LogP) is 15.6. The van der Waals surface area contributed by atoms with E-state index in [1.807, 2.05) is 0 Å². The van der Waals surface area contributed by atoms with Gasteiger partial charge in [-0.25, -0.2) is 0 Å². The zero-order chi connectivity index (χ0) is 39.5. The monoisotopic (exact) mass is 754 g/mol. The lowest BCUT2D eigenvalue weighted by molar-refractivity contribution is 0.661. The molecule has 1 heterocycles. The molecular weight excluding hydrogens is 713 g/mol. The molecule has 0 aliphatic heterocycles. The number of nitrogens with zero attached hydrogens (tertiary/aromatic N) is 2. The molecule has 2 nitrogen and oxygen atoms in total. The summed E-state index contributed by atoms with van der Waals surface area (Å²) in [5, 5.41) is 2.51. The normalized spacial score (nSPS) is 12.7. The van der Waals surface area contributed by atoms with Crippen molar-refractivity contribution in [2.45, 2.75) is 19.3 Å². The minimum absolute atomic E-state index is 0.208. The molecule has 10 aromatic rings. The van der Waals surface area contributed by atoms with Crippen LogP contribution < -0.4 is 4.90 Å². The van der Waals surface area contributed by atoms with Crippen molar-refractivity contribution in [3.63, 3.8) is 0 Å². The van der Waals surface area contributed by atoms with Gasteiger partial charge in [-0.15, -0.1) is 0 Å². The first-order valence-corrected chi connectivity index (χ1v) is 20.5. The van der Waals surface area contributed by atoms with Crippen LogP contribution in [0, 0.1) is 0 Å². The van der Waals surface area contributed by atoms with Gasteiger partial charge in [-0.2, -0.15) is 0 Å². The highest BCUT2D eigenvalue weighted by Crippen LogP contribution is 2.55. The fourth-order valence-electron chi connectivity index (χ4n) is 9.71. The Balaban J connectivity index is 1.13. The Morgan fingerprint density at radius 1 is 0.390 bits per heavy atom. The predicted molar refractivity (Wildman–Crippen MR) is 249 cm³/mol. The van der Waals surface area contributed by atoms with E-state index in [1.54, 1.807) is 0 Å². The van der Waals surface area contributed by atoms with Crippen LogP contribution in [0.2, 0.25) is 0 Å². The van der Waals surface area contributed by atoms with E-state index in [9.17, 15) is 0 Å². The number of hydrogen-bond donors (Lipinski definition) is 0. The van der Waals surface area contributed by atoms with Crippen molar-refractivity contribution in [3.8, 4) is 50.2 Å². The minimum Gasteiger partial charge on any atom is -0.310 e. The zero-order valence-corrected chi connectivity index (χ0v) is 33.2. The molecule has 1 aliphatic carbocycles. The van der Waals surface area contributed by atoms with Crippen molar-refractivity contribution >= 4 is 38.9 Å². The quantitative estimate of drug-likeness (QED) is 0.157. The van der Waals surface area contributed by atoms with Gasteiger partial charge in [0.1, 0.15) is 0 Å². The van der Waals surface area contributed by atoms with Crippen LogP contribution in [0.4, 0.5) is 17.1 Å². The summed E-state index contributed by atoms with van der Waals surface area (Å²) in [6.07, 6.45) is 0. The molecule has 0 spiro atoms. The van der Waals surface area contributed by atoms with E-state index in [0.717, 1.165) is 17.1 Å². The van der Waals surface area contributed by atoms with Crippen LogP contribution in [0.1, 0.15) is 25.0 Å². The van der Waals surface area contributed by atoms with Crippen molar-refractivity contribution in [1.29, 1.82) is 0 Å². The topological polar surface area (TPSA) is 8.17 Å². The highest BCUT2D eigenvalue weighted by atomic mass is 15.1. The molecule has 0 amide bonds. The van der Waals surface area contributed by atoms with Crippen molar-refractivity contribution in [2.24, 2.45) is 0 Å². The van der Waals surface area contributed by atoms with E-state index in [0.29, 0.717) is 0 Å². The molecule has 9 aromatic carbocycles. The van der Waals surface area contributed by atoms with E-state index < -0.39 is 0 Å². The van der Waals surface area contributed by atoms with Gasteiger partial charge >= 0.3 is 0 Å². The van der Waals surface area contributed by atoms with Crippen molar-refractivity contribution in [2.75, 3.05) is 4.90 Å². The molecule has 59 heavy (non-hydrogen) atoms. The molecule has 0 unspecified atom stereocenters. The van der Waals surface area contributed by atoms with Gasteiger partial charge in [0.25, 0.3) is 0 Å². The molecule has 0 saturated carbocycles. The van der Waals surface area contributed by atoms with Crippen LogP contribution in [-0.4, -0.2) is 4.57 Å². The fourth-order valence-corrected chi connectivity index (χ4v) is 9.71. The van der Waals surface area contributed by atoms with E-state index >= 15 is 0 Å². The summed E-state index contributed by atoms with van der Waals surface area (Å²) in [5.74, 6) is 0. The van der Waals surface area contributed by atoms with Gasteiger partial charge < -0.3 is 9.47 Å². The van der Waals surface area contributed by atoms with E-state index in [1.165, 1.54) is 83.1 Å². The van der Waals surface area contributed by atoms with E-state index in [2.05, 4.69) is 242 Å². The molecule has 2 heteroatoms. The highest BCUT2D eigenvalue weighted by molar-refractivity contribution is 6.15. The average molecular weight is 755 g/mol. The number of anilines is 3. The van der Waals surface area contributed by atoms with Crippen LogP contribution >= 0.6 is 0 Å². The number of hydrogen-bond acceptors (Lipinski definition) is 1. The first-order valence-electron chi connectivity index (χ1n) is 20.5. The summed E-state index contributed by atoms with van der Waals surface area (Å²) in [4.78, 5) is 2.51. The number of para-hydroxylation sites is 2. The number of fused-ring (bicyclic) bond motifs is 6. The molecule has 0 radical (unpaired) electrons. The lowest BCUT2D eigenvalue weighted by atomic mass is 9.81. The Labute approximate surface area is 345 Å². The third kappa shape index (κ3) is 5.63. The molecule has 1 aliphatic rings. The minimum atomic E-state index is -0.208. The standard InChI is InChI=1S/C57H42N2/c1-57(2)50-28-14-12-24-46(50)47-27-17-31-54(56(47)57)59(52-37-34-42(39-18-6-3-7-19-39)38-49(52)40-20-8-4-9-21-40)44-35-32-41(33-36-44)45-26-16-30-53-55(45)48-25-13-15-29-51(48)58(53)43-22-10-5-11-23-43/h3-38H,1-2H3. The second-order valence-corrected chi connectivity index (χ2v) is 16.1. The third-order valence-electron chi connectivity index (χ3n) is 12.4. The average Bonchev–Trinajstić information content (AvgIpc) is 3.76. The van der Waals surface area contributed by atoms with Crippen molar-refractivity contribution in [3.05, 3.63) is 230 Å². The second-order valence-electron chi connectivity index (χ2n) is 16.1. The van der Waals surface area contributed by atoms with Crippen molar-refractivity contribution < 1.29 is 0 Å². The largest absolute Gasteiger partial charge is 0.310 e. The molecule has 0 fully saturated rings. The molecule has 0 atom stereocenters. The van der Waals surface area contributed by atoms with Crippen LogP contribution in [0.3, 0.4) is 0 Å². The maximum absolute atomic E-state index is 2.51. The fraction of sp³-hybridized carbons (Fsp3) is 0.0526. The second kappa shape index (κ2) is 13.9. The summed E-state index contributed by atoms with van der Waals surface area (Å²) in [6.45, 7) is 4.76. The molecule has 0 N–H and O–H groups in total. The highest BCUT2D eigenvalue weighted by Gasteiger charge is 2.39. The van der Waals surface area contributed by atoms with Crippen LogP contribution in [0.15, 0.2) is 218 Å². The maximum atomic E-state index is 2.51. The Hall–Kier alpha value is -7.42. The van der Waals surface area contributed by atoms with E-state index in [4.69, 9.17) is 0 Å². The summed E-state index contributed by atoms with van der Waals surface area (Å²) in [7, 11) is 0. The Morgan fingerprint density at radius 3 is 1.75 bits per heavy atom. The molecule has 1 aromatic heterocycles. The van der Waals surface area contributed by atoms with Gasteiger partial charge in [0, 0.05) is 33.1 Å². The van der Waals surface area contributed by atoms with Crippen LogP contribution in [0.5, 0.6) is 0 Å². The van der Waals surface area contributed by atoms with Gasteiger partial charge in [0.05, 0.1) is 22.4 Å². The lowest BCUT2D eigenvalue weighted by Gasteiger charge is -2.33. The smallest absolute Gasteiger partial charge is 0.0547 e. The van der Waals surface area contributed by atoms with Gasteiger partial charge in [-0.3, -0.25) is 0 Å². The molecule has 0 bridgehead atoms. The molecule has 280 valence electrons. The lowest BCUT2D eigenvalue weighted by Crippen LogP contribution is -2.21. The number of benzene rings is 9. The summed E-state index contributed by atoms with van der Waals surface area (Å²) >= 11 is 0.